The summed E-state index contributed by atoms with van der Waals surface area (Å²) in [5, 5.41) is 8.44. The van der Waals surface area contributed by atoms with E-state index < -0.39 is 17.3 Å². The van der Waals surface area contributed by atoms with E-state index in [-0.39, 0.29) is 18.6 Å². The molecule has 0 heterocycles. The molecule has 0 aromatic carbocycles. The second-order valence-electron chi connectivity index (χ2n) is 4.39. The van der Waals surface area contributed by atoms with E-state index in [1.165, 1.54) is 7.11 Å². The maximum atomic E-state index is 11.9. The van der Waals surface area contributed by atoms with Gasteiger partial charge in [-0.25, -0.2) is 0 Å². The van der Waals surface area contributed by atoms with Crippen LogP contribution in [-0.2, 0) is 14.3 Å². The van der Waals surface area contributed by atoms with E-state index in [4.69, 9.17) is 5.26 Å². The second-order valence-corrected chi connectivity index (χ2v) is 4.39. The molecule has 0 saturated carbocycles. The Kier molecular flexibility index (Phi) is 4.99. The summed E-state index contributed by atoms with van der Waals surface area (Å²) in [4.78, 5) is 23.2. The molecule has 0 aliphatic carbocycles. The molecule has 84 valence electrons. The zero-order chi connectivity index (χ0) is 12.1. The average molecular weight is 211 g/mol. The highest BCUT2D eigenvalue weighted by Gasteiger charge is 2.34. The van der Waals surface area contributed by atoms with Gasteiger partial charge in [-0.2, -0.15) is 5.26 Å². The predicted molar refractivity (Wildman–Crippen MR) is 54.8 cm³/mol. The molecule has 0 bridgehead atoms. The lowest BCUT2D eigenvalue weighted by Crippen LogP contribution is -2.34. The first kappa shape index (κ1) is 13.6. The van der Waals surface area contributed by atoms with E-state index >= 15 is 0 Å². The second kappa shape index (κ2) is 5.50. The van der Waals surface area contributed by atoms with Crippen molar-refractivity contribution in [1.29, 1.82) is 5.26 Å². The minimum absolute atomic E-state index is 0.176. The Labute approximate surface area is 90.2 Å². The van der Waals surface area contributed by atoms with Crippen molar-refractivity contribution in [2.45, 2.75) is 33.6 Å². The molecule has 0 radical (unpaired) electrons. The number of rotatable bonds is 4. The third kappa shape index (κ3) is 4.11. The van der Waals surface area contributed by atoms with E-state index in [9.17, 15) is 9.59 Å². The molecule has 0 saturated heterocycles. The number of carbonyl (C=O) groups excluding carboxylic acids is 2. The molecule has 1 unspecified atom stereocenters. The summed E-state index contributed by atoms with van der Waals surface area (Å²) in [5.74, 6) is -1.54. The summed E-state index contributed by atoms with van der Waals surface area (Å²) in [6.07, 6.45) is 0.418. The van der Waals surface area contributed by atoms with Crippen LogP contribution in [0.1, 0.15) is 33.6 Å². The molecule has 0 N–H and O–H groups in total. The topological polar surface area (TPSA) is 67.2 Å². The molecule has 0 aromatic heterocycles. The number of hydrogen-bond acceptors (Lipinski definition) is 4. The molecule has 0 aromatic rings. The lowest BCUT2D eigenvalue weighted by Gasteiger charge is -2.22. The SMILES string of the molecule is COC(=O)C(CCC#N)C(=O)C(C)(C)C. The van der Waals surface area contributed by atoms with Crippen molar-refractivity contribution >= 4 is 11.8 Å². The molecule has 0 fully saturated rings. The normalized spacial score (nSPS) is 12.7. The summed E-state index contributed by atoms with van der Waals surface area (Å²) < 4.78 is 4.56. The smallest absolute Gasteiger partial charge is 0.316 e. The van der Waals surface area contributed by atoms with Crippen LogP contribution in [0.15, 0.2) is 0 Å². The van der Waals surface area contributed by atoms with Gasteiger partial charge in [-0.1, -0.05) is 20.8 Å². The average Bonchev–Trinajstić information content (AvgIpc) is 2.16. The van der Waals surface area contributed by atoms with Crippen molar-refractivity contribution in [3.05, 3.63) is 0 Å². The van der Waals surface area contributed by atoms with Crippen LogP contribution in [-0.4, -0.2) is 18.9 Å². The largest absolute Gasteiger partial charge is 0.468 e. The van der Waals surface area contributed by atoms with Crippen molar-refractivity contribution in [2.75, 3.05) is 7.11 Å². The quantitative estimate of drug-likeness (QED) is 0.524. The van der Waals surface area contributed by atoms with Crippen LogP contribution >= 0.6 is 0 Å². The minimum atomic E-state index is -0.811. The van der Waals surface area contributed by atoms with Crippen LogP contribution in [0.4, 0.5) is 0 Å². The van der Waals surface area contributed by atoms with Gasteiger partial charge in [0, 0.05) is 11.8 Å². The molecule has 1 atom stereocenters. The summed E-state index contributed by atoms with van der Waals surface area (Å²) in [6, 6.07) is 1.92. The third-order valence-electron chi connectivity index (χ3n) is 2.09. The Morgan fingerprint density at radius 2 is 1.93 bits per heavy atom. The fraction of sp³-hybridized carbons (Fsp3) is 0.727. The molecule has 15 heavy (non-hydrogen) atoms. The zero-order valence-corrected chi connectivity index (χ0v) is 9.66. The summed E-state index contributed by atoms with van der Waals surface area (Å²) in [5.41, 5.74) is -0.589. The molecule has 0 amide bonds. The van der Waals surface area contributed by atoms with Gasteiger partial charge in [0.15, 0.2) is 5.78 Å². The standard InChI is InChI=1S/C11H17NO3/c1-11(2,3)9(13)8(6-5-7-12)10(14)15-4/h8H,5-6H2,1-4H3. The van der Waals surface area contributed by atoms with Gasteiger partial charge in [0.2, 0.25) is 0 Å². The number of hydrogen-bond donors (Lipinski definition) is 0. The Balaban J connectivity index is 4.72. The fourth-order valence-corrected chi connectivity index (χ4v) is 1.23. The molecule has 4 heteroatoms. The van der Waals surface area contributed by atoms with Gasteiger partial charge in [-0.3, -0.25) is 9.59 Å². The van der Waals surface area contributed by atoms with E-state index in [0.29, 0.717) is 0 Å². The van der Waals surface area contributed by atoms with Gasteiger partial charge in [-0.05, 0) is 6.42 Å². The number of methoxy groups -OCH3 is 1. The maximum absolute atomic E-state index is 11.9. The summed E-state index contributed by atoms with van der Waals surface area (Å²) >= 11 is 0. The van der Waals surface area contributed by atoms with Gasteiger partial charge in [0.05, 0.1) is 13.2 Å². The summed E-state index contributed by atoms with van der Waals surface area (Å²) in [7, 11) is 1.25. The van der Waals surface area contributed by atoms with Gasteiger partial charge in [-0.15, -0.1) is 0 Å². The first-order valence-electron chi connectivity index (χ1n) is 4.83. The number of carbonyl (C=O) groups is 2. The Hall–Kier alpha value is -1.37. The number of esters is 1. The highest BCUT2D eigenvalue weighted by Crippen LogP contribution is 2.23. The van der Waals surface area contributed by atoms with Crippen LogP contribution in [0.2, 0.25) is 0 Å². The van der Waals surface area contributed by atoms with E-state index in [1.54, 1.807) is 20.8 Å². The van der Waals surface area contributed by atoms with Gasteiger partial charge in [0.25, 0.3) is 0 Å². The van der Waals surface area contributed by atoms with Crippen molar-refractivity contribution in [2.24, 2.45) is 11.3 Å². The minimum Gasteiger partial charge on any atom is -0.468 e. The first-order valence-corrected chi connectivity index (χ1v) is 4.83. The number of nitrogens with zero attached hydrogens (tertiary/aromatic N) is 1. The van der Waals surface area contributed by atoms with Crippen LogP contribution in [0.5, 0.6) is 0 Å². The molecule has 0 aliphatic rings. The lowest BCUT2D eigenvalue weighted by atomic mass is 9.81. The zero-order valence-electron chi connectivity index (χ0n) is 9.66. The van der Waals surface area contributed by atoms with Crippen molar-refractivity contribution in [3.63, 3.8) is 0 Å². The van der Waals surface area contributed by atoms with Crippen molar-refractivity contribution in [1.82, 2.24) is 0 Å². The van der Waals surface area contributed by atoms with Crippen LogP contribution in [0, 0.1) is 22.7 Å². The molecule has 0 rings (SSSR count). The summed E-state index contributed by atoms with van der Waals surface area (Å²) in [6.45, 7) is 5.24. The Bertz CT molecular complexity index is 283. The Morgan fingerprint density at radius 3 is 2.27 bits per heavy atom. The first-order chi connectivity index (χ1) is 6.84. The highest BCUT2D eigenvalue weighted by molar-refractivity contribution is 6.01. The van der Waals surface area contributed by atoms with E-state index in [0.717, 1.165) is 0 Å². The maximum Gasteiger partial charge on any atom is 0.316 e. The lowest BCUT2D eigenvalue weighted by molar-refractivity contribution is -0.152. The fourth-order valence-electron chi connectivity index (χ4n) is 1.23. The molecule has 0 aliphatic heterocycles. The van der Waals surface area contributed by atoms with Crippen molar-refractivity contribution in [3.8, 4) is 6.07 Å². The van der Waals surface area contributed by atoms with Crippen molar-refractivity contribution < 1.29 is 14.3 Å². The number of ether oxygens (including phenoxy) is 1. The number of Topliss-reactive ketones (excluding diaryl/α,β-unsaturated/α-hetero) is 1. The van der Waals surface area contributed by atoms with Crippen LogP contribution in [0.25, 0.3) is 0 Å². The highest BCUT2D eigenvalue weighted by atomic mass is 16.5. The number of ketones is 1. The van der Waals surface area contributed by atoms with E-state index in [1.807, 2.05) is 6.07 Å². The van der Waals surface area contributed by atoms with E-state index in [2.05, 4.69) is 4.74 Å². The molecule has 0 spiro atoms. The molecular weight excluding hydrogens is 194 g/mol. The molecule has 4 nitrogen and oxygen atoms in total. The third-order valence-corrected chi connectivity index (χ3v) is 2.09. The Morgan fingerprint density at radius 1 is 1.40 bits per heavy atom. The van der Waals surface area contributed by atoms with Crippen LogP contribution in [0.3, 0.4) is 0 Å². The monoisotopic (exact) mass is 211 g/mol. The predicted octanol–water partition coefficient (Wildman–Crippen LogP) is 1.69. The van der Waals surface area contributed by atoms with Crippen LogP contribution < -0.4 is 0 Å². The number of nitriles is 1. The van der Waals surface area contributed by atoms with Gasteiger partial charge in [0.1, 0.15) is 5.92 Å². The molecular formula is C11H17NO3. The van der Waals surface area contributed by atoms with Gasteiger partial charge >= 0.3 is 5.97 Å². The van der Waals surface area contributed by atoms with Gasteiger partial charge < -0.3 is 4.74 Å².